The van der Waals surface area contributed by atoms with Gasteiger partial charge >= 0.3 is 29.6 Å². The van der Waals surface area contributed by atoms with Crippen LogP contribution in [0.4, 0.5) is 0 Å². The average molecular weight is 134 g/mol. The van der Waals surface area contributed by atoms with Crippen molar-refractivity contribution in [2.75, 3.05) is 7.11 Å². The summed E-state index contributed by atoms with van der Waals surface area (Å²) in [5.41, 5.74) is 0. The number of aromatic nitrogens is 2. The van der Waals surface area contributed by atoms with Crippen LogP contribution in [-0.2, 0) is 0 Å². The zero-order valence-corrected chi connectivity index (χ0v) is 4.53. The Kier molecular flexibility index (Phi) is 4.67. The minimum atomic E-state index is 0. The molecule has 0 unspecified atom stereocenters. The number of ether oxygens (including phenoxy) is 1. The summed E-state index contributed by atoms with van der Waals surface area (Å²) in [4.78, 5) is 7.47. The van der Waals surface area contributed by atoms with E-state index in [0.29, 0.717) is 5.88 Å². The number of hydrogen-bond acceptors (Lipinski definition) is 3. The van der Waals surface area contributed by atoms with Crippen LogP contribution in [0, 0.1) is 0 Å². The Labute approximate surface area is 75.8 Å². The summed E-state index contributed by atoms with van der Waals surface area (Å²) in [7, 11) is 1.57. The zero-order chi connectivity index (χ0) is 5.82. The summed E-state index contributed by atoms with van der Waals surface area (Å²) < 4.78 is 4.76. The Morgan fingerprint density at radius 1 is 1.56 bits per heavy atom. The molecule has 0 aromatic carbocycles. The third-order valence-corrected chi connectivity index (χ3v) is 0.764. The molecule has 0 aliphatic rings. The van der Waals surface area contributed by atoms with E-state index < -0.39 is 0 Å². The molecule has 1 rings (SSSR count). The molecule has 3 nitrogen and oxygen atoms in total. The van der Waals surface area contributed by atoms with E-state index in [-0.39, 0.29) is 29.6 Å². The van der Waals surface area contributed by atoms with Gasteiger partial charge in [-0.3, -0.25) is 0 Å². The fourth-order valence-electron chi connectivity index (χ4n) is 0.399. The molecule has 0 atom stereocenters. The van der Waals surface area contributed by atoms with Gasteiger partial charge in [-0.1, -0.05) is 0 Å². The van der Waals surface area contributed by atoms with Crippen LogP contribution in [0.25, 0.3) is 0 Å². The molecule has 0 radical (unpaired) electrons. The number of nitrogens with zero attached hydrogens (tertiary/aromatic N) is 2. The van der Waals surface area contributed by atoms with E-state index in [4.69, 9.17) is 4.74 Å². The molecule has 1 aromatic heterocycles. The van der Waals surface area contributed by atoms with Gasteiger partial charge in [0.25, 0.3) is 0 Å². The van der Waals surface area contributed by atoms with Crippen LogP contribution < -0.4 is 4.74 Å². The van der Waals surface area contributed by atoms with E-state index >= 15 is 0 Å². The van der Waals surface area contributed by atoms with Gasteiger partial charge in [0.05, 0.1) is 7.11 Å². The van der Waals surface area contributed by atoms with Crippen molar-refractivity contribution in [3.63, 3.8) is 0 Å². The first kappa shape index (κ1) is 8.88. The van der Waals surface area contributed by atoms with Gasteiger partial charge in [0.15, 0.2) is 0 Å². The van der Waals surface area contributed by atoms with Gasteiger partial charge in [0, 0.05) is 12.3 Å². The van der Waals surface area contributed by atoms with Gasteiger partial charge < -0.3 is 4.74 Å². The fraction of sp³-hybridized carbons (Fsp3) is 0.200. The first-order chi connectivity index (χ1) is 3.93. The minimum absolute atomic E-state index is 0. The summed E-state index contributed by atoms with van der Waals surface area (Å²) in [5, 5.41) is 0. The Morgan fingerprint density at radius 3 is 2.67 bits per heavy atom. The Bertz CT molecular complexity index is 156. The molecule has 9 heavy (non-hydrogen) atoms. The predicted octanol–water partition coefficient (Wildman–Crippen LogP) is -0.163. The first-order valence-corrected chi connectivity index (χ1v) is 2.23. The van der Waals surface area contributed by atoms with E-state index in [1.54, 1.807) is 19.4 Å². The van der Waals surface area contributed by atoms with Crippen LogP contribution in [0.2, 0.25) is 0 Å². The summed E-state index contributed by atoms with van der Waals surface area (Å²) in [6.07, 6.45) is 3.07. The second-order valence-electron chi connectivity index (χ2n) is 1.25. The molecule has 0 N–H and O–H groups in total. The topological polar surface area (TPSA) is 35.0 Å². The van der Waals surface area contributed by atoms with E-state index in [9.17, 15) is 0 Å². The molecule has 0 fully saturated rings. The normalized spacial score (nSPS) is 7.67. The molecule has 0 aliphatic heterocycles. The predicted molar refractivity (Wildman–Crippen MR) is 35.7 cm³/mol. The Balaban J connectivity index is 0.000000640. The Morgan fingerprint density at radius 2 is 2.33 bits per heavy atom. The van der Waals surface area contributed by atoms with Crippen molar-refractivity contribution in [2.45, 2.75) is 0 Å². The van der Waals surface area contributed by atoms with Crippen LogP contribution >= 0.6 is 0 Å². The average Bonchev–Trinajstić information content (AvgIpc) is 1.90. The number of hydrogen-bond donors (Lipinski definition) is 0. The van der Waals surface area contributed by atoms with Crippen molar-refractivity contribution in [2.24, 2.45) is 0 Å². The van der Waals surface area contributed by atoms with Crippen LogP contribution in [0.3, 0.4) is 0 Å². The van der Waals surface area contributed by atoms with Crippen molar-refractivity contribution < 1.29 is 4.74 Å². The van der Waals surface area contributed by atoms with Crippen LogP contribution in [0.5, 0.6) is 5.88 Å². The summed E-state index contributed by atoms with van der Waals surface area (Å²) in [5.74, 6) is 0.597. The molecular formula is C5H7N2NaO. The maximum absolute atomic E-state index is 4.76. The quantitative estimate of drug-likeness (QED) is 0.500. The van der Waals surface area contributed by atoms with Crippen LogP contribution in [0.1, 0.15) is 0 Å². The van der Waals surface area contributed by atoms with E-state index in [0.717, 1.165) is 0 Å². The van der Waals surface area contributed by atoms with Crippen molar-refractivity contribution in [1.29, 1.82) is 0 Å². The summed E-state index contributed by atoms with van der Waals surface area (Å²) in [6, 6.07) is 1.69. The zero-order valence-electron chi connectivity index (χ0n) is 4.53. The molecule has 4 heteroatoms. The van der Waals surface area contributed by atoms with Crippen LogP contribution in [0.15, 0.2) is 18.6 Å². The molecule has 44 valence electrons. The van der Waals surface area contributed by atoms with E-state index in [1.807, 2.05) is 0 Å². The Hall–Kier alpha value is -0.120. The molecular weight excluding hydrogens is 127 g/mol. The second-order valence-corrected chi connectivity index (χ2v) is 1.25. The van der Waals surface area contributed by atoms with Gasteiger partial charge in [-0.25, -0.2) is 9.97 Å². The van der Waals surface area contributed by atoms with Gasteiger partial charge in [-0.2, -0.15) is 0 Å². The third-order valence-electron chi connectivity index (χ3n) is 0.764. The van der Waals surface area contributed by atoms with Crippen molar-refractivity contribution >= 4 is 29.6 Å². The monoisotopic (exact) mass is 134 g/mol. The van der Waals surface area contributed by atoms with E-state index in [2.05, 4.69) is 9.97 Å². The van der Waals surface area contributed by atoms with Gasteiger partial charge in [0.2, 0.25) is 5.88 Å². The maximum atomic E-state index is 4.76. The molecule has 0 spiro atoms. The second kappa shape index (κ2) is 4.73. The van der Waals surface area contributed by atoms with Gasteiger partial charge in [-0.15, -0.1) is 0 Å². The van der Waals surface area contributed by atoms with Crippen molar-refractivity contribution in [1.82, 2.24) is 9.97 Å². The number of rotatable bonds is 1. The molecule has 1 aromatic rings. The van der Waals surface area contributed by atoms with E-state index in [1.165, 1.54) is 6.33 Å². The molecule has 0 amide bonds. The van der Waals surface area contributed by atoms with Crippen LogP contribution in [-0.4, -0.2) is 46.6 Å². The molecule has 0 saturated heterocycles. The van der Waals surface area contributed by atoms with Gasteiger partial charge in [-0.05, 0) is 0 Å². The molecule has 0 bridgehead atoms. The fourth-order valence-corrected chi connectivity index (χ4v) is 0.399. The first-order valence-electron chi connectivity index (χ1n) is 2.23. The summed E-state index contributed by atoms with van der Waals surface area (Å²) in [6.45, 7) is 0. The van der Waals surface area contributed by atoms with Crippen molar-refractivity contribution in [3.05, 3.63) is 18.6 Å². The molecule has 1 heterocycles. The molecule has 0 saturated carbocycles. The summed E-state index contributed by atoms with van der Waals surface area (Å²) >= 11 is 0. The standard InChI is InChI=1S/C5H6N2O.Na.H/c1-8-5-2-3-6-4-7-5;;/h2-4H,1H3;;. The number of methoxy groups -OCH3 is 1. The SMILES string of the molecule is COc1ccncn1.[NaH]. The third kappa shape index (κ3) is 2.79. The van der Waals surface area contributed by atoms with Crippen molar-refractivity contribution in [3.8, 4) is 5.88 Å². The molecule has 0 aliphatic carbocycles. The van der Waals surface area contributed by atoms with Gasteiger partial charge in [0.1, 0.15) is 6.33 Å².